The largest absolute Gasteiger partial charge is 0.380 e. The van der Waals surface area contributed by atoms with E-state index in [1.165, 1.54) is 19.0 Å². The molecule has 1 saturated heterocycles. The monoisotopic (exact) mass is 327 g/mol. The molecule has 0 bridgehead atoms. The molecule has 7 nitrogen and oxygen atoms in total. The third kappa shape index (κ3) is 2.50. The van der Waals surface area contributed by atoms with Gasteiger partial charge < -0.3 is 16.0 Å². The molecule has 4 rings (SSSR count). The zero-order valence-corrected chi connectivity index (χ0v) is 13.7. The van der Waals surface area contributed by atoms with Crippen molar-refractivity contribution in [1.29, 1.82) is 0 Å². The lowest BCUT2D eigenvalue weighted by Crippen LogP contribution is -2.23. The van der Waals surface area contributed by atoms with Gasteiger partial charge in [0.1, 0.15) is 0 Å². The zero-order chi connectivity index (χ0) is 16.8. The molecule has 2 aromatic heterocycles. The molecule has 0 unspecified atom stereocenters. The summed E-state index contributed by atoms with van der Waals surface area (Å²) in [5, 5.41) is 7.73. The number of hydrogen-bond acceptors (Lipinski definition) is 4. The van der Waals surface area contributed by atoms with Gasteiger partial charge in [0.25, 0.3) is 5.91 Å². The van der Waals surface area contributed by atoms with Crippen LogP contribution in [0.15, 0.2) is 18.5 Å². The van der Waals surface area contributed by atoms with Crippen molar-refractivity contribution in [3.8, 4) is 0 Å². The number of primary amides is 1. The van der Waals surface area contributed by atoms with E-state index in [1.54, 1.807) is 9.42 Å². The number of carbonyl (C=O) groups excluding carboxylic acids is 2. The van der Waals surface area contributed by atoms with Gasteiger partial charge >= 0.3 is 0 Å². The Morgan fingerprint density at radius 1 is 1.46 bits per heavy atom. The quantitative estimate of drug-likeness (QED) is 0.875. The predicted molar refractivity (Wildman–Crippen MR) is 91.1 cm³/mol. The molecule has 0 aromatic carbocycles. The first kappa shape index (κ1) is 15.0. The van der Waals surface area contributed by atoms with E-state index >= 15 is 0 Å². The number of rotatable bonds is 5. The van der Waals surface area contributed by atoms with Crippen molar-refractivity contribution in [1.82, 2.24) is 9.61 Å². The van der Waals surface area contributed by atoms with Gasteiger partial charge in [-0.2, -0.15) is 5.10 Å². The summed E-state index contributed by atoms with van der Waals surface area (Å²) < 4.78 is 1.70. The standard InChI is InChI=1S/C17H21N5O2/c1-10(11-4-5-11)20-16-13(17(18)24)8-19-22-9-12(7-14(16)22)21-6-2-3-15(21)23/h7-11,20H,2-6H2,1H3,(H2,18,24)/t10-/m1/s1. The lowest BCUT2D eigenvalue weighted by Gasteiger charge is -2.17. The van der Waals surface area contributed by atoms with Crippen LogP contribution in [-0.4, -0.2) is 34.0 Å². The van der Waals surface area contributed by atoms with Gasteiger partial charge in [0, 0.05) is 19.0 Å². The van der Waals surface area contributed by atoms with Gasteiger partial charge in [0.15, 0.2) is 0 Å². The molecule has 2 aromatic rings. The Morgan fingerprint density at radius 3 is 2.88 bits per heavy atom. The number of nitrogens with one attached hydrogen (secondary N) is 1. The maximum absolute atomic E-state index is 12.0. The summed E-state index contributed by atoms with van der Waals surface area (Å²) in [6.45, 7) is 2.84. The van der Waals surface area contributed by atoms with Gasteiger partial charge in [0.2, 0.25) is 5.91 Å². The highest BCUT2D eigenvalue weighted by Gasteiger charge is 2.30. The summed E-state index contributed by atoms with van der Waals surface area (Å²) in [6.07, 6.45) is 7.18. The molecule has 2 aliphatic rings. The average molecular weight is 327 g/mol. The molecular formula is C17H21N5O2. The molecule has 7 heteroatoms. The van der Waals surface area contributed by atoms with Crippen molar-refractivity contribution in [3.05, 3.63) is 24.0 Å². The fraction of sp³-hybridized carbons (Fsp3) is 0.471. The summed E-state index contributed by atoms with van der Waals surface area (Å²) in [4.78, 5) is 25.6. The lowest BCUT2D eigenvalue weighted by molar-refractivity contribution is -0.117. The van der Waals surface area contributed by atoms with Crippen LogP contribution in [0.4, 0.5) is 11.4 Å². The number of nitrogens with zero attached hydrogens (tertiary/aromatic N) is 3. The smallest absolute Gasteiger partial charge is 0.252 e. The summed E-state index contributed by atoms with van der Waals surface area (Å²) in [5.74, 6) is 0.255. The van der Waals surface area contributed by atoms with Crippen LogP contribution in [0.2, 0.25) is 0 Å². The second-order valence-electron chi connectivity index (χ2n) is 6.74. The molecule has 2 fully saturated rings. The highest BCUT2D eigenvalue weighted by Crippen LogP contribution is 2.36. The molecule has 24 heavy (non-hydrogen) atoms. The van der Waals surface area contributed by atoms with Crippen molar-refractivity contribution in [2.24, 2.45) is 11.7 Å². The SMILES string of the molecule is C[C@@H](Nc1c(C(N)=O)cnn2cc(N3CCCC3=O)cc12)C1CC1. The minimum absolute atomic E-state index is 0.127. The summed E-state index contributed by atoms with van der Waals surface area (Å²) in [5.41, 5.74) is 8.20. The molecule has 3 N–H and O–H groups in total. The van der Waals surface area contributed by atoms with E-state index in [4.69, 9.17) is 5.73 Å². The van der Waals surface area contributed by atoms with Crippen LogP contribution in [0.3, 0.4) is 0 Å². The Balaban J connectivity index is 1.79. The molecule has 126 valence electrons. The van der Waals surface area contributed by atoms with Crippen LogP contribution < -0.4 is 16.0 Å². The van der Waals surface area contributed by atoms with E-state index in [-0.39, 0.29) is 11.9 Å². The first-order chi connectivity index (χ1) is 11.5. The van der Waals surface area contributed by atoms with E-state index in [0.29, 0.717) is 23.6 Å². The fourth-order valence-electron chi connectivity index (χ4n) is 3.39. The maximum atomic E-state index is 12.0. The maximum Gasteiger partial charge on any atom is 0.252 e. The first-order valence-electron chi connectivity index (χ1n) is 8.42. The van der Waals surface area contributed by atoms with E-state index in [1.807, 2.05) is 12.3 Å². The normalized spacial score (nSPS) is 19.0. The average Bonchev–Trinajstić information content (AvgIpc) is 3.17. The second-order valence-corrected chi connectivity index (χ2v) is 6.74. The number of anilines is 2. The van der Waals surface area contributed by atoms with Crippen LogP contribution in [0.25, 0.3) is 5.52 Å². The third-order valence-corrected chi connectivity index (χ3v) is 4.97. The van der Waals surface area contributed by atoms with Crippen molar-refractivity contribution in [2.45, 2.75) is 38.6 Å². The third-order valence-electron chi connectivity index (χ3n) is 4.97. The Bertz CT molecular complexity index is 824. The summed E-state index contributed by atoms with van der Waals surface area (Å²) in [7, 11) is 0. The Morgan fingerprint density at radius 2 is 2.25 bits per heavy atom. The number of carbonyl (C=O) groups is 2. The minimum Gasteiger partial charge on any atom is -0.380 e. The molecular weight excluding hydrogens is 306 g/mol. The van der Waals surface area contributed by atoms with Crippen molar-refractivity contribution >= 4 is 28.7 Å². The molecule has 1 saturated carbocycles. The van der Waals surface area contributed by atoms with Crippen molar-refractivity contribution < 1.29 is 9.59 Å². The summed E-state index contributed by atoms with van der Waals surface area (Å²) in [6, 6.07) is 2.17. The van der Waals surface area contributed by atoms with Gasteiger partial charge in [-0.05, 0) is 38.2 Å². The molecule has 0 spiro atoms. The first-order valence-corrected chi connectivity index (χ1v) is 8.42. The van der Waals surface area contributed by atoms with Gasteiger partial charge in [-0.25, -0.2) is 4.52 Å². The molecule has 3 heterocycles. The van der Waals surface area contributed by atoms with Crippen LogP contribution in [-0.2, 0) is 4.79 Å². The predicted octanol–water partition coefficient (Wildman–Crippen LogP) is 1.77. The van der Waals surface area contributed by atoms with E-state index in [9.17, 15) is 9.59 Å². The number of aromatic nitrogens is 2. The molecule has 1 aliphatic heterocycles. The van der Waals surface area contributed by atoms with Gasteiger partial charge in [-0.3, -0.25) is 9.59 Å². The zero-order valence-electron chi connectivity index (χ0n) is 13.7. The van der Waals surface area contributed by atoms with Crippen LogP contribution in [0.5, 0.6) is 0 Å². The lowest BCUT2D eigenvalue weighted by atomic mass is 10.1. The van der Waals surface area contributed by atoms with Crippen LogP contribution in [0.1, 0.15) is 43.0 Å². The Kier molecular flexibility index (Phi) is 3.44. The Labute approximate surface area is 139 Å². The number of hydrogen-bond donors (Lipinski definition) is 2. The Hall–Kier alpha value is -2.57. The second kappa shape index (κ2) is 5.51. The van der Waals surface area contributed by atoms with E-state index < -0.39 is 5.91 Å². The van der Waals surface area contributed by atoms with Crippen molar-refractivity contribution in [2.75, 3.05) is 16.8 Å². The highest BCUT2D eigenvalue weighted by atomic mass is 16.2. The number of nitrogens with two attached hydrogens (primary N) is 1. The van der Waals surface area contributed by atoms with Crippen LogP contribution in [0, 0.1) is 5.92 Å². The van der Waals surface area contributed by atoms with Crippen molar-refractivity contribution in [3.63, 3.8) is 0 Å². The molecule has 1 aliphatic carbocycles. The minimum atomic E-state index is -0.504. The van der Waals surface area contributed by atoms with Gasteiger partial charge in [0.05, 0.1) is 34.8 Å². The molecule has 0 radical (unpaired) electrons. The van der Waals surface area contributed by atoms with E-state index in [0.717, 1.165) is 24.2 Å². The molecule has 2 amide bonds. The number of fused-ring (bicyclic) bond motifs is 1. The summed E-state index contributed by atoms with van der Waals surface area (Å²) >= 11 is 0. The highest BCUT2D eigenvalue weighted by molar-refractivity contribution is 6.03. The number of amides is 2. The van der Waals surface area contributed by atoms with E-state index in [2.05, 4.69) is 17.3 Å². The fourth-order valence-corrected chi connectivity index (χ4v) is 3.39. The molecule has 1 atom stereocenters. The topological polar surface area (TPSA) is 92.7 Å². The van der Waals surface area contributed by atoms with Gasteiger partial charge in [-0.15, -0.1) is 0 Å². The van der Waals surface area contributed by atoms with Gasteiger partial charge in [-0.1, -0.05) is 0 Å². The van der Waals surface area contributed by atoms with Crippen LogP contribution >= 0.6 is 0 Å².